The van der Waals surface area contributed by atoms with Crippen LogP contribution in [0.15, 0.2) is 60.7 Å². The Kier molecular flexibility index (Phi) is 7.11. The van der Waals surface area contributed by atoms with Gasteiger partial charge in [0.1, 0.15) is 0 Å². The third-order valence-electron chi connectivity index (χ3n) is 4.52. The molecule has 0 bridgehead atoms. The highest BCUT2D eigenvalue weighted by molar-refractivity contribution is 7.87. The van der Waals surface area contributed by atoms with Crippen LogP contribution < -0.4 is 0 Å². The minimum absolute atomic E-state index is 0. The van der Waals surface area contributed by atoms with Crippen LogP contribution in [0.2, 0.25) is 0 Å². The van der Waals surface area contributed by atoms with E-state index in [0.717, 1.165) is 24.0 Å². The molecule has 0 spiro atoms. The van der Waals surface area contributed by atoms with Crippen molar-refractivity contribution in [3.8, 4) is 0 Å². The first kappa shape index (κ1) is 21.9. The van der Waals surface area contributed by atoms with Crippen molar-refractivity contribution in [2.75, 3.05) is 6.35 Å². The summed E-state index contributed by atoms with van der Waals surface area (Å²) in [6.07, 6.45) is 1.17. The number of benzene rings is 2. The Labute approximate surface area is 160 Å². The zero-order chi connectivity index (χ0) is 18.8. The van der Waals surface area contributed by atoms with Crippen molar-refractivity contribution in [1.29, 1.82) is 0 Å². The number of hydrogen-bond acceptors (Lipinski definition) is 3. The van der Waals surface area contributed by atoms with Crippen LogP contribution in [0, 0.1) is 0 Å². The first-order valence-corrected chi connectivity index (χ1v) is 11.2. The van der Waals surface area contributed by atoms with Gasteiger partial charge < -0.3 is 0 Å². The summed E-state index contributed by atoms with van der Waals surface area (Å²) in [5.74, 6) is 0. The molecule has 1 aliphatic rings. The molecule has 0 amide bonds. The van der Waals surface area contributed by atoms with Crippen molar-refractivity contribution in [2.45, 2.75) is 29.7 Å². The molecule has 3 nitrogen and oxygen atoms in total. The maximum absolute atomic E-state index is 12.6. The topological polar surface area (TPSA) is 43.4 Å². The highest BCUT2D eigenvalue weighted by Gasteiger charge is 2.48. The van der Waals surface area contributed by atoms with Crippen molar-refractivity contribution < 1.29 is 25.8 Å². The van der Waals surface area contributed by atoms with Crippen molar-refractivity contribution in [3.05, 3.63) is 71.8 Å². The normalized spacial score (nSPS) is 21.0. The first-order chi connectivity index (χ1) is 12.3. The van der Waals surface area contributed by atoms with Crippen LogP contribution in [0.4, 0.5) is 13.2 Å². The molecule has 0 saturated carbocycles. The minimum Gasteiger partial charge on any atom is -0.259 e. The van der Waals surface area contributed by atoms with E-state index in [0.29, 0.717) is 0 Å². The maximum Gasteiger partial charge on any atom is 0.523 e. The lowest BCUT2D eigenvalue weighted by Crippen LogP contribution is -2.25. The van der Waals surface area contributed by atoms with Crippen LogP contribution >= 0.6 is 7.92 Å². The maximum atomic E-state index is 12.6. The van der Waals surface area contributed by atoms with Gasteiger partial charge in [-0.1, -0.05) is 68.6 Å². The van der Waals surface area contributed by atoms with E-state index in [1.807, 2.05) is 60.7 Å². The predicted octanol–water partition coefficient (Wildman–Crippen LogP) is 4.38. The SMILES string of the molecule is B.O=S(=O)(OCP1[C@@H](c2ccccc2)CC[C@@H]1c1ccccc1)C(F)(F)F. The molecule has 27 heavy (non-hydrogen) atoms. The average Bonchev–Trinajstić information content (AvgIpc) is 3.04. The molecule has 3 rings (SSSR count). The fourth-order valence-corrected chi connectivity index (χ4v) is 7.35. The number of halogens is 3. The second-order valence-electron chi connectivity index (χ2n) is 6.09. The Morgan fingerprint density at radius 3 is 1.67 bits per heavy atom. The van der Waals surface area contributed by atoms with Crippen LogP contribution in [0.1, 0.15) is 35.3 Å². The molecule has 0 aromatic heterocycles. The van der Waals surface area contributed by atoms with Crippen LogP contribution in [-0.4, -0.2) is 28.7 Å². The van der Waals surface area contributed by atoms with Gasteiger partial charge in [0, 0.05) is 11.3 Å². The number of rotatable bonds is 5. The van der Waals surface area contributed by atoms with Crippen LogP contribution in [0.3, 0.4) is 0 Å². The van der Waals surface area contributed by atoms with Gasteiger partial charge in [-0.3, -0.25) is 4.18 Å². The molecular weight excluding hydrogens is 395 g/mol. The fraction of sp³-hybridized carbons (Fsp3) is 0.333. The molecule has 2 aromatic carbocycles. The molecule has 0 unspecified atom stereocenters. The molecule has 2 aromatic rings. The summed E-state index contributed by atoms with van der Waals surface area (Å²) < 4.78 is 65.1. The lowest BCUT2D eigenvalue weighted by Gasteiger charge is -2.26. The lowest BCUT2D eigenvalue weighted by atomic mass is 10.0. The second kappa shape index (κ2) is 8.76. The standard InChI is InChI=1S/C18H18F3O3PS.BH3/c19-18(20,21)26(22,23)24-13-25-16(14-7-3-1-4-8-14)11-12-17(25)15-9-5-2-6-10-15;/h1-10,16-17H,11-13H2;1H3/t16-,17-;/m1./s1. The number of alkyl halides is 3. The molecule has 0 aliphatic carbocycles. The molecule has 9 heteroatoms. The van der Waals surface area contributed by atoms with Crippen LogP contribution in [0.5, 0.6) is 0 Å². The molecular formula is C18H21BF3O3PS. The van der Waals surface area contributed by atoms with E-state index in [9.17, 15) is 21.6 Å². The summed E-state index contributed by atoms with van der Waals surface area (Å²) in [6, 6.07) is 19.0. The average molecular weight is 416 g/mol. The first-order valence-electron chi connectivity index (χ1n) is 8.11. The lowest BCUT2D eigenvalue weighted by molar-refractivity contribution is -0.0530. The van der Waals surface area contributed by atoms with Gasteiger partial charge in [0.2, 0.25) is 0 Å². The molecule has 1 fully saturated rings. The fourth-order valence-electron chi connectivity index (χ4n) is 3.31. The Balaban J connectivity index is 0.00000261. The van der Waals surface area contributed by atoms with Crippen molar-refractivity contribution in [1.82, 2.24) is 0 Å². The summed E-state index contributed by atoms with van der Waals surface area (Å²) in [5.41, 5.74) is -3.33. The molecule has 2 atom stereocenters. The quantitative estimate of drug-likeness (QED) is 0.315. The third kappa shape index (κ3) is 4.92. The zero-order valence-corrected chi connectivity index (χ0v) is 15.5. The Morgan fingerprint density at radius 2 is 1.30 bits per heavy atom. The van der Waals surface area contributed by atoms with E-state index in [-0.39, 0.29) is 19.7 Å². The molecule has 146 valence electrons. The third-order valence-corrected chi connectivity index (χ3v) is 8.83. The zero-order valence-electron chi connectivity index (χ0n) is 13.8. The molecule has 1 aliphatic heterocycles. The van der Waals surface area contributed by atoms with E-state index in [2.05, 4.69) is 4.18 Å². The Hall–Kier alpha value is -1.37. The monoisotopic (exact) mass is 416 g/mol. The van der Waals surface area contributed by atoms with Crippen molar-refractivity contribution >= 4 is 26.5 Å². The van der Waals surface area contributed by atoms with Crippen LogP contribution in [-0.2, 0) is 14.3 Å². The van der Waals surface area contributed by atoms with E-state index in [1.165, 1.54) is 0 Å². The summed E-state index contributed by atoms with van der Waals surface area (Å²) in [5, 5.41) is 0. The second-order valence-corrected chi connectivity index (χ2v) is 10.2. The predicted molar refractivity (Wildman–Crippen MR) is 105 cm³/mol. The molecule has 1 saturated heterocycles. The van der Waals surface area contributed by atoms with Gasteiger partial charge in [0.25, 0.3) is 0 Å². The van der Waals surface area contributed by atoms with E-state index in [1.54, 1.807) is 0 Å². The van der Waals surface area contributed by atoms with Crippen LogP contribution in [0.25, 0.3) is 0 Å². The summed E-state index contributed by atoms with van der Waals surface area (Å²) in [7, 11) is -6.72. The van der Waals surface area contributed by atoms with E-state index in [4.69, 9.17) is 0 Å². The van der Waals surface area contributed by atoms with Gasteiger partial charge >= 0.3 is 15.6 Å². The summed E-state index contributed by atoms with van der Waals surface area (Å²) >= 11 is 0. The van der Waals surface area contributed by atoms with Crippen molar-refractivity contribution in [3.63, 3.8) is 0 Å². The van der Waals surface area contributed by atoms with Crippen molar-refractivity contribution in [2.24, 2.45) is 0 Å². The Morgan fingerprint density at radius 1 is 0.889 bits per heavy atom. The van der Waals surface area contributed by atoms with E-state index >= 15 is 0 Å². The molecule has 0 radical (unpaired) electrons. The molecule has 0 N–H and O–H groups in total. The minimum atomic E-state index is -5.58. The van der Waals surface area contributed by atoms with Gasteiger partial charge in [-0.05, 0) is 24.0 Å². The summed E-state index contributed by atoms with van der Waals surface area (Å²) in [4.78, 5) is 0. The highest BCUT2D eigenvalue weighted by atomic mass is 32.2. The smallest absolute Gasteiger partial charge is 0.259 e. The Bertz CT molecular complexity index is 784. The highest BCUT2D eigenvalue weighted by Crippen LogP contribution is 2.70. The molecule has 1 heterocycles. The largest absolute Gasteiger partial charge is 0.523 e. The van der Waals surface area contributed by atoms with Gasteiger partial charge in [0.05, 0.1) is 14.8 Å². The van der Waals surface area contributed by atoms with Gasteiger partial charge in [-0.15, -0.1) is 0 Å². The van der Waals surface area contributed by atoms with E-state index < -0.39 is 29.9 Å². The summed E-state index contributed by atoms with van der Waals surface area (Å²) in [6.45, 7) is 0. The number of hydrogen-bond donors (Lipinski definition) is 0. The van der Waals surface area contributed by atoms with Gasteiger partial charge in [-0.25, -0.2) is 0 Å². The van der Waals surface area contributed by atoms with Gasteiger partial charge in [-0.2, -0.15) is 21.6 Å². The van der Waals surface area contributed by atoms with Gasteiger partial charge in [0.15, 0.2) is 0 Å².